The maximum absolute atomic E-state index is 11.5. The molecule has 2 aromatic rings. The lowest BCUT2D eigenvalue weighted by Crippen LogP contribution is -2.27. The second-order valence-electron chi connectivity index (χ2n) is 3.28. The van der Waals surface area contributed by atoms with Crippen molar-refractivity contribution in [1.29, 1.82) is 0 Å². The minimum absolute atomic E-state index is 0.150. The Kier molecular flexibility index (Phi) is 2.70. The molecule has 0 aliphatic heterocycles. The maximum Gasteiger partial charge on any atom is 0.354 e. The molecule has 88 valence electrons. The van der Waals surface area contributed by atoms with Gasteiger partial charge in [0.25, 0.3) is 0 Å². The topological polar surface area (TPSA) is 73.5 Å². The number of carboxylic acids is 1. The van der Waals surface area contributed by atoms with Crippen molar-refractivity contribution in [2.75, 3.05) is 7.11 Å². The second kappa shape index (κ2) is 4.17. The predicted molar refractivity (Wildman–Crippen MR) is 59.5 cm³/mol. The standard InChI is InChI=1S/C11H10N2O4/c1-17-13-10(14)7-9(11(15)16)12(13)8-5-3-2-4-6-8/h2-7H,1H3,(H,15,16). The number of aromatic nitrogens is 2. The van der Waals surface area contributed by atoms with E-state index >= 15 is 0 Å². The number of hydrogen-bond acceptors (Lipinski definition) is 3. The fraction of sp³-hybridized carbons (Fsp3) is 0.0909. The molecule has 0 fully saturated rings. The number of para-hydroxylation sites is 1. The Labute approximate surface area is 96.2 Å². The van der Waals surface area contributed by atoms with Gasteiger partial charge in [-0.25, -0.2) is 9.48 Å². The molecule has 1 heterocycles. The van der Waals surface area contributed by atoms with E-state index in [0.29, 0.717) is 5.69 Å². The van der Waals surface area contributed by atoms with Crippen LogP contribution in [0.5, 0.6) is 0 Å². The molecule has 1 aromatic carbocycles. The van der Waals surface area contributed by atoms with Crippen molar-refractivity contribution in [3.8, 4) is 5.69 Å². The summed E-state index contributed by atoms with van der Waals surface area (Å²) in [6.45, 7) is 0. The largest absolute Gasteiger partial charge is 0.477 e. The maximum atomic E-state index is 11.5. The van der Waals surface area contributed by atoms with E-state index in [1.807, 2.05) is 0 Å². The van der Waals surface area contributed by atoms with Crippen molar-refractivity contribution in [1.82, 2.24) is 9.53 Å². The summed E-state index contributed by atoms with van der Waals surface area (Å²) in [5.74, 6) is -1.19. The Balaban J connectivity index is 2.74. The normalized spacial score (nSPS) is 10.2. The first-order valence-electron chi connectivity index (χ1n) is 4.83. The Bertz CT molecular complexity index is 598. The van der Waals surface area contributed by atoms with Crippen LogP contribution in [0.2, 0.25) is 0 Å². The van der Waals surface area contributed by atoms with Crippen LogP contribution in [0.4, 0.5) is 0 Å². The number of rotatable bonds is 3. The van der Waals surface area contributed by atoms with Gasteiger partial charge in [-0.1, -0.05) is 23.0 Å². The number of aromatic carboxylic acids is 1. The number of carboxylic acid groups (broad SMARTS) is 1. The number of carbonyl (C=O) groups is 1. The minimum Gasteiger partial charge on any atom is -0.477 e. The van der Waals surface area contributed by atoms with Gasteiger partial charge in [-0.05, 0) is 12.1 Å². The summed E-state index contributed by atoms with van der Waals surface area (Å²) in [4.78, 5) is 28.3. The van der Waals surface area contributed by atoms with E-state index in [4.69, 9.17) is 9.94 Å². The summed E-state index contributed by atoms with van der Waals surface area (Å²) in [5, 5.41) is 9.03. The van der Waals surface area contributed by atoms with E-state index in [-0.39, 0.29) is 5.69 Å². The molecule has 1 aromatic heterocycles. The van der Waals surface area contributed by atoms with Crippen LogP contribution in [0.25, 0.3) is 5.69 Å². The van der Waals surface area contributed by atoms with Crippen LogP contribution >= 0.6 is 0 Å². The molecule has 6 nitrogen and oxygen atoms in total. The van der Waals surface area contributed by atoms with Crippen molar-refractivity contribution in [2.24, 2.45) is 0 Å². The molecule has 6 heteroatoms. The van der Waals surface area contributed by atoms with Crippen LogP contribution in [0.3, 0.4) is 0 Å². The van der Waals surface area contributed by atoms with Crippen LogP contribution in [-0.2, 0) is 0 Å². The van der Waals surface area contributed by atoms with Gasteiger partial charge in [-0.2, -0.15) is 0 Å². The Morgan fingerprint density at radius 3 is 2.47 bits per heavy atom. The van der Waals surface area contributed by atoms with Crippen LogP contribution in [0.15, 0.2) is 41.2 Å². The lowest BCUT2D eigenvalue weighted by Gasteiger charge is -2.10. The molecule has 0 amide bonds. The highest BCUT2D eigenvalue weighted by molar-refractivity contribution is 5.86. The van der Waals surface area contributed by atoms with E-state index in [2.05, 4.69) is 0 Å². The molecule has 0 saturated heterocycles. The van der Waals surface area contributed by atoms with Gasteiger partial charge in [0.15, 0.2) is 5.69 Å². The van der Waals surface area contributed by atoms with Crippen LogP contribution in [0.1, 0.15) is 10.5 Å². The van der Waals surface area contributed by atoms with Gasteiger partial charge < -0.3 is 9.94 Å². The van der Waals surface area contributed by atoms with Crippen LogP contribution < -0.4 is 10.4 Å². The summed E-state index contributed by atoms with van der Waals surface area (Å²) in [6.07, 6.45) is 0. The molecule has 0 aliphatic rings. The Morgan fingerprint density at radius 2 is 1.94 bits per heavy atom. The molecule has 0 spiro atoms. The highest BCUT2D eigenvalue weighted by atomic mass is 16.7. The first-order valence-corrected chi connectivity index (χ1v) is 4.83. The van der Waals surface area contributed by atoms with Gasteiger partial charge in [0, 0.05) is 6.07 Å². The lowest BCUT2D eigenvalue weighted by molar-refractivity contribution is 0.0659. The third kappa shape index (κ3) is 1.80. The Hall–Kier alpha value is -2.50. The molecule has 1 N–H and O–H groups in total. The zero-order valence-electron chi connectivity index (χ0n) is 9.03. The number of nitrogens with zero attached hydrogens (tertiary/aromatic N) is 2. The van der Waals surface area contributed by atoms with Crippen LogP contribution in [-0.4, -0.2) is 27.7 Å². The minimum atomic E-state index is -1.19. The molecule has 0 bridgehead atoms. The van der Waals surface area contributed by atoms with Gasteiger partial charge in [0.05, 0.1) is 5.69 Å². The molecule has 0 unspecified atom stereocenters. The van der Waals surface area contributed by atoms with E-state index in [9.17, 15) is 9.59 Å². The molecule has 0 radical (unpaired) electrons. The van der Waals surface area contributed by atoms with E-state index in [1.165, 1.54) is 11.8 Å². The van der Waals surface area contributed by atoms with Crippen molar-refractivity contribution in [3.63, 3.8) is 0 Å². The predicted octanol–water partition coefficient (Wildman–Crippen LogP) is 0.396. The summed E-state index contributed by atoms with van der Waals surface area (Å²) < 4.78 is 1.20. The second-order valence-corrected chi connectivity index (χ2v) is 3.28. The monoisotopic (exact) mass is 234 g/mol. The first-order chi connectivity index (χ1) is 8.15. The van der Waals surface area contributed by atoms with Crippen molar-refractivity contribution in [2.45, 2.75) is 0 Å². The quantitative estimate of drug-likeness (QED) is 0.834. The molecular formula is C11H10N2O4. The number of hydrogen-bond donors (Lipinski definition) is 1. The molecule has 0 saturated carbocycles. The fourth-order valence-electron chi connectivity index (χ4n) is 1.57. The summed E-state index contributed by atoms with van der Waals surface area (Å²) in [7, 11) is 1.30. The van der Waals surface area contributed by atoms with Gasteiger partial charge in [-0.3, -0.25) is 4.79 Å². The summed E-state index contributed by atoms with van der Waals surface area (Å²) in [6, 6.07) is 9.65. The third-order valence-corrected chi connectivity index (χ3v) is 2.25. The molecule has 0 atom stereocenters. The average molecular weight is 234 g/mol. The van der Waals surface area contributed by atoms with Crippen molar-refractivity contribution < 1.29 is 14.7 Å². The molecular weight excluding hydrogens is 224 g/mol. The van der Waals surface area contributed by atoms with Gasteiger partial charge in [0.1, 0.15) is 7.11 Å². The zero-order valence-corrected chi connectivity index (χ0v) is 9.03. The van der Waals surface area contributed by atoms with Gasteiger partial charge in [0.2, 0.25) is 0 Å². The number of benzene rings is 1. The van der Waals surface area contributed by atoms with E-state index in [1.54, 1.807) is 30.3 Å². The van der Waals surface area contributed by atoms with Crippen molar-refractivity contribution in [3.05, 3.63) is 52.4 Å². The van der Waals surface area contributed by atoms with Crippen molar-refractivity contribution >= 4 is 5.97 Å². The summed E-state index contributed by atoms with van der Waals surface area (Å²) >= 11 is 0. The average Bonchev–Trinajstić information content (AvgIpc) is 2.67. The smallest absolute Gasteiger partial charge is 0.354 e. The van der Waals surface area contributed by atoms with Gasteiger partial charge in [-0.15, -0.1) is 0 Å². The fourth-order valence-corrected chi connectivity index (χ4v) is 1.57. The van der Waals surface area contributed by atoms with Gasteiger partial charge >= 0.3 is 11.5 Å². The first kappa shape index (κ1) is 11.0. The van der Waals surface area contributed by atoms with E-state index in [0.717, 1.165) is 10.9 Å². The highest BCUT2D eigenvalue weighted by Crippen LogP contribution is 2.09. The SMILES string of the molecule is COn1c(=O)cc(C(=O)O)n1-c1ccccc1. The lowest BCUT2D eigenvalue weighted by atomic mass is 10.3. The highest BCUT2D eigenvalue weighted by Gasteiger charge is 2.18. The zero-order chi connectivity index (χ0) is 12.4. The Morgan fingerprint density at radius 1 is 1.29 bits per heavy atom. The molecule has 0 aliphatic carbocycles. The molecule has 2 rings (SSSR count). The third-order valence-electron chi connectivity index (χ3n) is 2.25. The molecule has 17 heavy (non-hydrogen) atoms. The summed E-state index contributed by atoms with van der Waals surface area (Å²) in [5.41, 5.74) is -0.148. The van der Waals surface area contributed by atoms with E-state index < -0.39 is 11.5 Å². The van der Waals surface area contributed by atoms with Crippen LogP contribution in [0, 0.1) is 0 Å².